The molecule has 2 heterocycles. The fraction of sp³-hybridized carbons (Fsp3) is 0.529. The number of amides is 2. The molecule has 0 aliphatic carbocycles. The maximum absolute atomic E-state index is 12.5. The van der Waals surface area contributed by atoms with E-state index in [2.05, 4.69) is 10.6 Å². The third-order valence-corrected chi connectivity index (χ3v) is 5.50. The van der Waals surface area contributed by atoms with Crippen LogP contribution in [0.2, 0.25) is 0 Å². The first kappa shape index (κ1) is 20.0. The van der Waals surface area contributed by atoms with Crippen molar-refractivity contribution in [2.24, 2.45) is 5.92 Å². The van der Waals surface area contributed by atoms with Gasteiger partial charge < -0.3 is 20.6 Å². The Morgan fingerprint density at radius 3 is 2.84 bits per heavy atom. The number of rotatable bonds is 5. The van der Waals surface area contributed by atoms with Gasteiger partial charge in [-0.3, -0.25) is 9.59 Å². The molecule has 3 rings (SSSR count). The summed E-state index contributed by atoms with van der Waals surface area (Å²) in [6.07, 6.45) is -0.0220. The Bertz CT molecular complexity index is 617. The molecular weight excluding hydrogens is 362 g/mol. The smallest absolute Gasteiger partial charge is 0.227 e. The lowest BCUT2D eigenvalue weighted by atomic mass is 10.1. The highest BCUT2D eigenvalue weighted by Crippen LogP contribution is 2.34. The molecule has 3 N–H and O–H groups in total. The molecule has 138 valence electrons. The van der Waals surface area contributed by atoms with Crippen molar-refractivity contribution in [2.45, 2.75) is 23.8 Å². The zero-order valence-electron chi connectivity index (χ0n) is 13.9. The number of aliphatic hydroxyl groups excluding tert-OH is 1. The van der Waals surface area contributed by atoms with Crippen molar-refractivity contribution in [3.63, 3.8) is 0 Å². The quantitative estimate of drug-likeness (QED) is 0.705. The number of fused-ring (bicyclic) bond motifs is 1. The van der Waals surface area contributed by atoms with Crippen molar-refractivity contribution >= 4 is 41.7 Å². The maximum Gasteiger partial charge on any atom is 0.227 e. The van der Waals surface area contributed by atoms with Crippen LogP contribution in [0.4, 0.5) is 5.69 Å². The van der Waals surface area contributed by atoms with Gasteiger partial charge >= 0.3 is 0 Å². The van der Waals surface area contributed by atoms with Gasteiger partial charge in [0.1, 0.15) is 0 Å². The number of thioether (sulfide) groups is 1. The number of hydrogen-bond donors (Lipinski definition) is 3. The number of carbonyl (C=O) groups excluding carboxylic acids is 2. The molecule has 0 bridgehead atoms. The van der Waals surface area contributed by atoms with Crippen LogP contribution < -0.4 is 15.5 Å². The summed E-state index contributed by atoms with van der Waals surface area (Å²) in [5.74, 6) is 0.778. The van der Waals surface area contributed by atoms with Gasteiger partial charge in [-0.2, -0.15) is 0 Å². The third kappa shape index (κ3) is 5.10. The van der Waals surface area contributed by atoms with Crippen LogP contribution in [0.5, 0.6) is 0 Å². The van der Waals surface area contributed by atoms with Gasteiger partial charge in [0.25, 0.3) is 0 Å². The molecule has 2 unspecified atom stereocenters. The standard InChI is InChI=1S/C17H23N3O3S.ClH/c21-14-11-18-9-12(14)10-19-16(22)5-6-17(23)20-7-8-24-15-4-2-1-3-13(15)20;/h1-4,12,14,18,21H,5-11H2,(H,19,22);1H. The molecule has 2 aliphatic rings. The SMILES string of the molecule is Cl.O=C(CCC(=O)N1CCSc2ccccc21)NCC1CNCC1O. The van der Waals surface area contributed by atoms with Crippen LogP contribution in [0.15, 0.2) is 29.2 Å². The average Bonchev–Trinajstić information content (AvgIpc) is 3.02. The zero-order chi connectivity index (χ0) is 16.9. The average molecular weight is 386 g/mol. The normalized spacial score (nSPS) is 22.0. The highest BCUT2D eigenvalue weighted by molar-refractivity contribution is 7.99. The molecule has 1 aromatic carbocycles. The second-order valence-corrected chi connectivity index (χ2v) is 7.29. The molecule has 1 saturated heterocycles. The Balaban J connectivity index is 0.00000225. The predicted molar refractivity (Wildman–Crippen MR) is 101 cm³/mol. The van der Waals surface area contributed by atoms with Crippen molar-refractivity contribution in [3.05, 3.63) is 24.3 Å². The lowest BCUT2D eigenvalue weighted by Crippen LogP contribution is -2.37. The Kier molecular flexibility index (Phi) is 7.56. The number of aliphatic hydroxyl groups is 1. The van der Waals surface area contributed by atoms with Gasteiger partial charge in [-0.05, 0) is 12.1 Å². The number of hydrogen-bond acceptors (Lipinski definition) is 5. The summed E-state index contributed by atoms with van der Waals surface area (Å²) in [6, 6.07) is 7.87. The van der Waals surface area contributed by atoms with E-state index in [0.29, 0.717) is 26.2 Å². The van der Waals surface area contributed by atoms with Gasteiger partial charge in [-0.25, -0.2) is 0 Å². The van der Waals surface area contributed by atoms with Crippen molar-refractivity contribution in [3.8, 4) is 0 Å². The van der Waals surface area contributed by atoms with Gasteiger partial charge in [0.15, 0.2) is 0 Å². The topological polar surface area (TPSA) is 81.7 Å². The van der Waals surface area contributed by atoms with E-state index in [9.17, 15) is 14.7 Å². The number of para-hydroxylation sites is 1. The molecule has 6 nitrogen and oxygen atoms in total. The second kappa shape index (κ2) is 9.43. The van der Waals surface area contributed by atoms with Crippen LogP contribution in [-0.4, -0.2) is 55.0 Å². The van der Waals surface area contributed by atoms with Crippen LogP contribution in [0, 0.1) is 5.92 Å². The fourth-order valence-corrected chi connectivity index (χ4v) is 4.04. The molecule has 0 radical (unpaired) electrons. The number of nitrogens with one attached hydrogen (secondary N) is 2. The Labute approximate surface area is 158 Å². The summed E-state index contributed by atoms with van der Waals surface area (Å²) in [6.45, 7) is 2.42. The summed E-state index contributed by atoms with van der Waals surface area (Å²) in [4.78, 5) is 27.3. The molecule has 0 aromatic heterocycles. The predicted octanol–water partition coefficient (Wildman–Crippen LogP) is 1.02. The molecule has 2 amide bonds. The van der Waals surface area contributed by atoms with Crippen LogP contribution in [0.1, 0.15) is 12.8 Å². The number of halogens is 1. The largest absolute Gasteiger partial charge is 0.391 e. The number of benzene rings is 1. The molecule has 25 heavy (non-hydrogen) atoms. The highest BCUT2D eigenvalue weighted by atomic mass is 35.5. The Morgan fingerprint density at radius 1 is 1.28 bits per heavy atom. The molecule has 2 aliphatic heterocycles. The minimum absolute atomic E-state index is 0. The minimum Gasteiger partial charge on any atom is -0.391 e. The number of carbonyl (C=O) groups is 2. The van der Waals surface area contributed by atoms with Crippen molar-refractivity contribution in [2.75, 3.05) is 36.8 Å². The van der Waals surface area contributed by atoms with Crippen LogP contribution in [0.3, 0.4) is 0 Å². The summed E-state index contributed by atoms with van der Waals surface area (Å²) in [5, 5.41) is 15.6. The Morgan fingerprint density at radius 2 is 2.08 bits per heavy atom. The van der Waals surface area contributed by atoms with E-state index in [1.807, 2.05) is 24.3 Å². The third-order valence-electron chi connectivity index (χ3n) is 4.46. The summed E-state index contributed by atoms with van der Waals surface area (Å²) in [5.41, 5.74) is 0.944. The first-order valence-electron chi connectivity index (χ1n) is 8.33. The van der Waals surface area contributed by atoms with E-state index in [4.69, 9.17) is 0 Å². The zero-order valence-corrected chi connectivity index (χ0v) is 15.6. The molecule has 0 spiro atoms. The first-order valence-corrected chi connectivity index (χ1v) is 9.31. The maximum atomic E-state index is 12.5. The molecule has 2 atom stereocenters. The van der Waals surface area contributed by atoms with Gasteiger partial charge in [0.2, 0.25) is 11.8 Å². The summed E-state index contributed by atoms with van der Waals surface area (Å²) in [7, 11) is 0. The van der Waals surface area contributed by atoms with Gasteiger partial charge in [-0.15, -0.1) is 24.2 Å². The van der Waals surface area contributed by atoms with Gasteiger partial charge in [0, 0.05) is 55.6 Å². The number of β-amino-alcohol motifs (C(OH)–C–C–N with tert-alkyl or cyclic N) is 1. The van der Waals surface area contributed by atoms with Crippen LogP contribution in [-0.2, 0) is 9.59 Å². The van der Waals surface area contributed by atoms with E-state index in [0.717, 1.165) is 16.3 Å². The fourth-order valence-electron chi connectivity index (χ4n) is 3.04. The number of anilines is 1. The summed E-state index contributed by atoms with van der Waals surface area (Å²) < 4.78 is 0. The van der Waals surface area contributed by atoms with Crippen LogP contribution in [0.25, 0.3) is 0 Å². The highest BCUT2D eigenvalue weighted by Gasteiger charge is 2.26. The number of nitrogens with zero attached hydrogens (tertiary/aromatic N) is 1. The van der Waals surface area contributed by atoms with E-state index in [-0.39, 0.29) is 43.0 Å². The molecule has 1 fully saturated rings. The van der Waals surface area contributed by atoms with Crippen molar-refractivity contribution in [1.82, 2.24) is 10.6 Å². The van der Waals surface area contributed by atoms with Gasteiger partial charge in [0.05, 0.1) is 11.8 Å². The van der Waals surface area contributed by atoms with Crippen molar-refractivity contribution < 1.29 is 14.7 Å². The van der Waals surface area contributed by atoms with Gasteiger partial charge in [-0.1, -0.05) is 12.1 Å². The molecular formula is C17H24ClN3O3S. The Hall–Kier alpha value is -1.28. The van der Waals surface area contributed by atoms with E-state index < -0.39 is 6.10 Å². The van der Waals surface area contributed by atoms with Crippen molar-refractivity contribution in [1.29, 1.82) is 0 Å². The molecule has 0 saturated carbocycles. The first-order chi connectivity index (χ1) is 11.6. The van der Waals surface area contributed by atoms with E-state index in [1.54, 1.807) is 16.7 Å². The van der Waals surface area contributed by atoms with Crippen LogP contribution >= 0.6 is 24.2 Å². The minimum atomic E-state index is -0.408. The second-order valence-electron chi connectivity index (χ2n) is 6.15. The lowest BCUT2D eigenvalue weighted by Gasteiger charge is -2.29. The summed E-state index contributed by atoms with van der Waals surface area (Å²) >= 11 is 1.75. The van der Waals surface area contributed by atoms with E-state index >= 15 is 0 Å². The molecule has 8 heteroatoms. The lowest BCUT2D eigenvalue weighted by molar-refractivity contribution is -0.125. The monoisotopic (exact) mass is 385 g/mol. The van der Waals surface area contributed by atoms with E-state index in [1.165, 1.54) is 0 Å². The molecule has 1 aromatic rings.